The number of benzene rings is 1. The van der Waals surface area contributed by atoms with Crippen molar-refractivity contribution in [1.82, 2.24) is 9.97 Å². The summed E-state index contributed by atoms with van der Waals surface area (Å²) >= 11 is 0. The van der Waals surface area contributed by atoms with Crippen LogP contribution in [0.1, 0.15) is 18.2 Å². The van der Waals surface area contributed by atoms with E-state index in [1.165, 1.54) is 0 Å². The van der Waals surface area contributed by atoms with Gasteiger partial charge in [0.2, 0.25) is 0 Å². The van der Waals surface area contributed by atoms with Crippen molar-refractivity contribution in [2.75, 3.05) is 19.1 Å². The van der Waals surface area contributed by atoms with Crippen molar-refractivity contribution in [3.05, 3.63) is 47.9 Å². The molecule has 1 aromatic carbocycles. The van der Waals surface area contributed by atoms with Crippen molar-refractivity contribution in [2.24, 2.45) is 0 Å². The number of aliphatic hydroxyl groups excluding tert-OH is 1. The van der Waals surface area contributed by atoms with Crippen molar-refractivity contribution in [1.29, 1.82) is 0 Å². The molecule has 112 valence electrons. The van der Waals surface area contributed by atoms with Gasteiger partial charge in [-0.15, -0.1) is 0 Å². The minimum Gasteiger partial charge on any atom is -0.496 e. The molecule has 1 N–H and O–H groups in total. The third-order valence-corrected chi connectivity index (χ3v) is 3.56. The highest BCUT2D eigenvalue weighted by atomic mass is 16.5. The molecule has 21 heavy (non-hydrogen) atoms. The Bertz CT molecular complexity index is 589. The molecule has 0 saturated heterocycles. The summed E-state index contributed by atoms with van der Waals surface area (Å²) in [6.45, 7) is 2.02. The zero-order valence-electron chi connectivity index (χ0n) is 12.7. The Hall–Kier alpha value is -2.14. The Kier molecular flexibility index (Phi) is 5.11. The fraction of sp³-hybridized carbons (Fsp3) is 0.375. The van der Waals surface area contributed by atoms with E-state index in [2.05, 4.69) is 27.9 Å². The summed E-state index contributed by atoms with van der Waals surface area (Å²) in [4.78, 5) is 10.5. The minimum absolute atomic E-state index is 0.102. The molecule has 0 spiro atoms. The van der Waals surface area contributed by atoms with E-state index in [1.54, 1.807) is 19.5 Å². The predicted molar refractivity (Wildman–Crippen MR) is 82.5 cm³/mol. The molecule has 0 aliphatic carbocycles. The van der Waals surface area contributed by atoms with E-state index in [4.69, 9.17) is 9.84 Å². The fourth-order valence-corrected chi connectivity index (χ4v) is 2.19. The summed E-state index contributed by atoms with van der Waals surface area (Å²) in [6, 6.07) is 8.24. The Morgan fingerprint density at radius 1 is 1.29 bits per heavy atom. The molecule has 1 aromatic heterocycles. The topological polar surface area (TPSA) is 58.5 Å². The van der Waals surface area contributed by atoms with Crippen LogP contribution in [0.4, 0.5) is 5.82 Å². The van der Waals surface area contributed by atoms with Crippen LogP contribution >= 0.6 is 0 Å². The van der Waals surface area contributed by atoms with E-state index >= 15 is 0 Å². The molecule has 0 fully saturated rings. The molecule has 0 aliphatic heterocycles. The molecule has 1 atom stereocenters. The first-order valence-electron chi connectivity index (χ1n) is 6.92. The van der Waals surface area contributed by atoms with Gasteiger partial charge in [0.1, 0.15) is 11.6 Å². The minimum atomic E-state index is -0.102. The first kappa shape index (κ1) is 15.3. The monoisotopic (exact) mass is 287 g/mol. The van der Waals surface area contributed by atoms with Crippen LogP contribution in [0.15, 0.2) is 36.7 Å². The van der Waals surface area contributed by atoms with Crippen LogP contribution < -0.4 is 9.64 Å². The quantitative estimate of drug-likeness (QED) is 0.881. The van der Waals surface area contributed by atoms with Crippen molar-refractivity contribution in [2.45, 2.75) is 26.0 Å². The van der Waals surface area contributed by atoms with Gasteiger partial charge in [-0.25, -0.2) is 4.98 Å². The van der Waals surface area contributed by atoms with Crippen molar-refractivity contribution in [3.8, 4) is 5.75 Å². The van der Waals surface area contributed by atoms with Gasteiger partial charge in [-0.3, -0.25) is 4.98 Å². The lowest BCUT2D eigenvalue weighted by Crippen LogP contribution is -2.31. The molecule has 0 amide bonds. The standard InChI is InChI=1S/C16H21N3O2/c1-12(8-13-6-4-5-7-15(13)21-3)19(2)16-10-17-9-14(11-20)18-16/h4-7,9-10,12,20H,8,11H2,1-3H3. The average Bonchev–Trinajstić information content (AvgIpc) is 2.54. The third-order valence-electron chi connectivity index (χ3n) is 3.56. The van der Waals surface area contributed by atoms with Crippen LogP contribution in [0.2, 0.25) is 0 Å². The Morgan fingerprint density at radius 2 is 2.05 bits per heavy atom. The molecule has 0 bridgehead atoms. The molecular weight excluding hydrogens is 266 g/mol. The Labute approximate surface area is 125 Å². The number of para-hydroxylation sites is 1. The summed E-state index contributed by atoms with van der Waals surface area (Å²) < 4.78 is 5.39. The van der Waals surface area contributed by atoms with Gasteiger partial charge in [0.05, 0.1) is 31.8 Å². The smallest absolute Gasteiger partial charge is 0.147 e. The van der Waals surface area contributed by atoms with Gasteiger partial charge in [0, 0.05) is 13.1 Å². The van der Waals surface area contributed by atoms with Crippen LogP contribution in [-0.4, -0.2) is 35.3 Å². The Balaban J connectivity index is 2.13. The molecule has 0 saturated carbocycles. The van der Waals surface area contributed by atoms with Crippen LogP contribution in [0.3, 0.4) is 0 Å². The lowest BCUT2D eigenvalue weighted by atomic mass is 10.1. The lowest BCUT2D eigenvalue weighted by molar-refractivity contribution is 0.276. The highest BCUT2D eigenvalue weighted by molar-refractivity contribution is 5.39. The van der Waals surface area contributed by atoms with Crippen molar-refractivity contribution >= 4 is 5.82 Å². The van der Waals surface area contributed by atoms with Gasteiger partial charge in [-0.2, -0.15) is 0 Å². The number of rotatable bonds is 6. The predicted octanol–water partition coefficient (Wildman–Crippen LogP) is 2.04. The van der Waals surface area contributed by atoms with Crippen LogP contribution in [0.5, 0.6) is 5.75 Å². The largest absolute Gasteiger partial charge is 0.496 e. The van der Waals surface area contributed by atoms with E-state index in [1.807, 2.05) is 25.2 Å². The molecule has 5 heteroatoms. The maximum absolute atomic E-state index is 9.15. The van der Waals surface area contributed by atoms with E-state index in [0.29, 0.717) is 5.69 Å². The summed E-state index contributed by atoms with van der Waals surface area (Å²) in [6.07, 6.45) is 4.12. The zero-order valence-corrected chi connectivity index (χ0v) is 12.7. The van der Waals surface area contributed by atoms with E-state index in [9.17, 15) is 0 Å². The maximum Gasteiger partial charge on any atom is 0.147 e. The van der Waals surface area contributed by atoms with Crippen LogP contribution in [0, 0.1) is 0 Å². The van der Waals surface area contributed by atoms with Gasteiger partial charge in [0.15, 0.2) is 0 Å². The maximum atomic E-state index is 9.15. The highest BCUT2D eigenvalue weighted by Crippen LogP contribution is 2.21. The number of likely N-dealkylation sites (N-methyl/N-ethyl adjacent to an activating group) is 1. The summed E-state index contributed by atoms with van der Waals surface area (Å²) in [5.74, 6) is 1.65. The van der Waals surface area contributed by atoms with Crippen molar-refractivity contribution in [3.63, 3.8) is 0 Å². The van der Waals surface area contributed by atoms with Gasteiger partial charge >= 0.3 is 0 Å². The molecule has 1 heterocycles. The van der Waals surface area contributed by atoms with E-state index in [-0.39, 0.29) is 12.6 Å². The molecule has 5 nitrogen and oxygen atoms in total. The van der Waals surface area contributed by atoms with E-state index in [0.717, 1.165) is 23.6 Å². The molecular formula is C16H21N3O2. The third kappa shape index (κ3) is 3.70. The highest BCUT2D eigenvalue weighted by Gasteiger charge is 2.14. The summed E-state index contributed by atoms with van der Waals surface area (Å²) in [5, 5.41) is 9.15. The second-order valence-corrected chi connectivity index (χ2v) is 5.00. The molecule has 0 aliphatic rings. The SMILES string of the molecule is COc1ccccc1CC(C)N(C)c1cncc(CO)n1. The van der Waals surface area contributed by atoms with Gasteiger partial charge in [-0.05, 0) is 25.0 Å². The number of hydrogen-bond donors (Lipinski definition) is 1. The number of hydrogen-bond acceptors (Lipinski definition) is 5. The lowest BCUT2D eigenvalue weighted by Gasteiger charge is -2.26. The second kappa shape index (κ2) is 7.04. The van der Waals surface area contributed by atoms with Gasteiger partial charge in [-0.1, -0.05) is 18.2 Å². The number of methoxy groups -OCH3 is 1. The van der Waals surface area contributed by atoms with Crippen LogP contribution in [-0.2, 0) is 13.0 Å². The van der Waals surface area contributed by atoms with Gasteiger partial charge < -0.3 is 14.7 Å². The van der Waals surface area contributed by atoms with E-state index < -0.39 is 0 Å². The zero-order chi connectivity index (χ0) is 15.2. The second-order valence-electron chi connectivity index (χ2n) is 5.00. The average molecular weight is 287 g/mol. The molecule has 1 unspecified atom stereocenters. The molecule has 2 rings (SSSR count). The van der Waals surface area contributed by atoms with Crippen LogP contribution in [0.25, 0.3) is 0 Å². The number of aliphatic hydroxyl groups is 1. The summed E-state index contributed by atoms with van der Waals surface area (Å²) in [5.41, 5.74) is 1.73. The number of ether oxygens (including phenoxy) is 1. The first-order chi connectivity index (χ1) is 10.2. The summed E-state index contributed by atoms with van der Waals surface area (Å²) in [7, 11) is 3.66. The van der Waals surface area contributed by atoms with Crippen molar-refractivity contribution < 1.29 is 9.84 Å². The fourth-order valence-electron chi connectivity index (χ4n) is 2.19. The normalized spacial score (nSPS) is 12.0. The number of nitrogens with zero attached hydrogens (tertiary/aromatic N) is 3. The number of anilines is 1. The Morgan fingerprint density at radius 3 is 2.76 bits per heavy atom. The van der Waals surface area contributed by atoms with Gasteiger partial charge in [0.25, 0.3) is 0 Å². The molecule has 0 radical (unpaired) electrons. The molecule has 2 aromatic rings. The first-order valence-corrected chi connectivity index (χ1v) is 6.92. The number of aromatic nitrogens is 2.